The van der Waals surface area contributed by atoms with E-state index < -0.39 is 24.0 Å². The predicted molar refractivity (Wildman–Crippen MR) is 125 cm³/mol. The standard InChI is InChI=1S/C19H25N9O2.C2HF3O2/c1-2-27-10-14(16(25-27)17(21)29)23-18(30)15-8-7-11-9-22-19(26-28(11)15)24-13-6-4-3-5-12(13)20;3-2(4,5)1(6)7/h7-10,12-13H,2-6,20H2,1H3,(H2,21,29)(H,23,30)(H,24,26);(H,6,7)/t12-,13+;/m0./s1. The van der Waals surface area contributed by atoms with Gasteiger partial charge in [0.15, 0.2) is 5.69 Å². The summed E-state index contributed by atoms with van der Waals surface area (Å²) in [5, 5.41) is 21.7. The van der Waals surface area contributed by atoms with Crippen LogP contribution in [0, 0.1) is 0 Å². The number of carboxylic acids is 1. The van der Waals surface area contributed by atoms with Crippen molar-refractivity contribution in [1.29, 1.82) is 0 Å². The lowest BCUT2D eigenvalue weighted by Gasteiger charge is -2.29. The van der Waals surface area contributed by atoms with Gasteiger partial charge in [0.25, 0.3) is 11.8 Å². The van der Waals surface area contributed by atoms with Crippen molar-refractivity contribution in [1.82, 2.24) is 24.4 Å². The SMILES string of the molecule is CCn1cc(NC(=O)c2ccc3cnc(N[C@@H]4CCCC[C@@H]4N)nn23)c(C(N)=O)n1.O=C(O)C(F)(F)F. The fourth-order valence-corrected chi connectivity index (χ4v) is 3.69. The number of anilines is 2. The molecule has 1 aliphatic carbocycles. The topological polar surface area (TPSA) is 196 Å². The van der Waals surface area contributed by atoms with E-state index in [2.05, 4.69) is 25.8 Å². The fourth-order valence-electron chi connectivity index (χ4n) is 3.69. The number of aromatic nitrogens is 5. The minimum atomic E-state index is -5.08. The Balaban J connectivity index is 0.000000479. The number of nitrogens with zero attached hydrogens (tertiary/aromatic N) is 5. The van der Waals surface area contributed by atoms with Crippen LogP contribution in [0.1, 0.15) is 53.6 Å². The van der Waals surface area contributed by atoms with E-state index in [1.807, 2.05) is 6.92 Å². The molecule has 2 amide bonds. The summed E-state index contributed by atoms with van der Waals surface area (Å²) >= 11 is 0. The first-order valence-corrected chi connectivity index (χ1v) is 11.3. The minimum absolute atomic E-state index is 0.00864. The highest BCUT2D eigenvalue weighted by molar-refractivity contribution is 6.07. The second-order valence-electron chi connectivity index (χ2n) is 8.20. The normalized spacial score (nSPS) is 17.5. The zero-order valence-corrected chi connectivity index (χ0v) is 19.7. The van der Waals surface area contributed by atoms with Crippen molar-refractivity contribution in [2.45, 2.75) is 57.4 Å². The average Bonchev–Trinajstić information content (AvgIpc) is 3.44. The van der Waals surface area contributed by atoms with Gasteiger partial charge in [-0.1, -0.05) is 12.8 Å². The van der Waals surface area contributed by atoms with Gasteiger partial charge in [0.2, 0.25) is 5.95 Å². The maximum absolute atomic E-state index is 12.9. The Morgan fingerprint density at radius 2 is 1.86 bits per heavy atom. The summed E-state index contributed by atoms with van der Waals surface area (Å²) in [6.45, 7) is 2.41. The minimum Gasteiger partial charge on any atom is -0.475 e. The zero-order chi connectivity index (χ0) is 27.3. The molecule has 16 heteroatoms. The summed E-state index contributed by atoms with van der Waals surface area (Å²) in [5.41, 5.74) is 12.8. The number of fused-ring (bicyclic) bond motifs is 1. The highest BCUT2D eigenvalue weighted by Crippen LogP contribution is 2.21. The van der Waals surface area contributed by atoms with E-state index in [9.17, 15) is 22.8 Å². The van der Waals surface area contributed by atoms with Crippen LogP contribution in [-0.4, -0.2) is 65.5 Å². The predicted octanol–water partition coefficient (Wildman–Crippen LogP) is 1.61. The van der Waals surface area contributed by atoms with Crippen LogP contribution >= 0.6 is 0 Å². The number of carbonyl (C=O) groups excluding carboxylic acids is 2. The monoisotopic (exact) mass is 525 g/mol. The smallest absolute Gasteiger partial charge is 0.475 e. The molecule has 200 valence electrons. The lowest BCUT2D eigenvalue weighted by atomic mass is 9.91. The van der Waals surface area contributed by atoms with Gasteiger partial charge in [-0.15, -0.1) is 5.10 Å². The van der Waals surface area contributed by atoms with E-state index in [0.717, 1.165) is 25.7 Å². The second-order valence-corrected chi connectivity index (χ2v) is 8.20. The van der Waals surface area contributed by atoms with Gasteiger partial charge in [0.1, 0.15) is 5.69 Å². The number of nitrogens with one attached hydrogen (secondary N) is 2. The molecule has 0 unspecified atom stereocenters. The Morgan fingerprint density at radius 3 is 2.46 bits per heavy atom. The van der Waals surface area contributed by atoms with Crippen LogP contribution in [0.3, 0.4) is 0 Å². The largest absolute Gasteiger partial charge is 0.490 e. The molecule has 0 aliphatic heterocycles. The van der Waals surface area contributed by atoms with Gasteiger partial charge in [-0.3, -0.25) is 14.3 Å². The molecule has 1 saturated carbocycles. The number of hydrogen-bond acceptors (Lipinski definition) is 8. The highest BCUT2D eigenvalue weighted by Gasteiger charge is 2.38. The number of amides is 2. The summed E-state index contributed by atoms with van der Waals surface area (Å²) in [5.74, 6) is -3.50. The summed E-state index contributed by atoms with van der Waals surface area (Å²) in [7, 11) is 0. The average molecular weight is 525 g/mol. The molecule has 1 aliphatic rings. The maximum Gasteiger partial charge on any atom is 0.490 e. The molecule has 3 heterocycles. The molecule has 3 aromatic heterocycles. The lowest BCUT2D eigenvalue weighted by molar-refractivity contribution is -0.192. The Hall–Kier alpha value is -4.21. The number of rotatable bonds is 6. The maximum atomic E-state index is 12.9. The molecule has 13 nitrogen and oxygen atoms in total. The molecule has 0 radical (unpaired) electrons. The molecule has 0 spiro atoms. The van der Waals surface area contributed by atoms with E-state index in [1.54, 1.807) is 24.5 Å². The van der Waals surface area contributed by atoms with E-state index in [1.165, 1.54) is 9.20 Å². The van der Waals surface area contributed by atoms with E-state index in [0.29, 0.717) is 23.7 Å². The number of alkyl halides is 3. The Bertz CT molecular complexity index is 1290. The number of carboxylic acid groups (broad SMARTS) is 1. The Morgan fingerprint density at radius 1 is 1.19 bits per heavy atom. The number of nitrogens with two attached hydrogens (primary N) is 2. The molecule has 4 rings (SSSR count). The summed E-state index contributed by atoms with van der Waals surface area (Å²) in [6.07, 6.45) is 2.29. The third-order valence-corrected chi connectivity index (χ3v) is 5.57. The molecule has 2 atom stereocenters. The van der Waals surface area contributed by atoms with Crippen LogP contribution in [0.25, 0.3) is 5.52 Å². The van der Waals surface area contributed by atoms with Crippen LogP contribution in [0.2, 0.25) is 0 Å². The lowest BCUT2D eigenvalue weighted by Crippen LogP contribution is -2.43. The van der Waals surface area contributed by atoms with Crippen LogP contribution in [0.5, 0.6) is 0 Å². The summed E-state index contributed by atoms with van der Waals surface area (Å²) in [4.78, 5) is 37.8. The zero-order valence-electron chi connectivity index (χ0n) is 19.7. The molecule has 1 fully saturated rings. The number of aryl methyl sites for hydroxylation is 1. The van der Waals surface area contributed by atoms with Crippen LogP contribution in [0.4, 0.5) is 24.8 Å². The van der Waals surface area contributed by atoms with Gasteiger partial charge in [-0.2, -0.15) is 18.3 Å². The van der Waals surface area contributed by atoms with Crippen molar-refractivity contribution >= 4 is 34.9 Å². The van der Waals surface area contributed by atoms with Crippen molar-refractivity contribution in [2.24, 2.45) is 11.5 Å². The van der Waals surface area contributed by atoms with Crippen molar-refractivity contribution in [3.05, 3.63) is 35.9 Å². The second kappa shape index (κ2) is 11.2. The van der Waals surface area contributed by atoms with Crippen molar-refractivity contribution in [3.63, 3.8) is 0 Å². The number of primary amides is 1. The highest BCUT2D eigenvalue weighted by atomic mass is 19.4. The third kappa shape index (κ3) is 6.72. The fraction of sp³-hybridized carbons (Fsp3) is 0.429. The van der Waals surface area contributed by atoms with E-state index in [-0.39, 0.29) is 23.5 Å². The summed E-state index contributed by atoms with van der Waals surface area (Å²) < 4.78 is 34.8. The number of carbonyl (C=O) groups is 3. The molecule has 7 N–H and O–H groups in total. The van der Waals surface area contributed by atoms with E-state index in [4.69, 9.17) is 21.4 Å². The van der Waals surface area contributed by atoms with Gasteiger partial charge in [-0.05, 0) is 31.9 Å². The van der Waals surface area contributed by atoms with Gasteiger partial charge >= 0.3 is 12.1 Å². The van der Waals surface area contributed by atoms with Crippen molar-refractivity contribution < 1.29 is 32.7 Å². The number of aliphatic carboxylic acids is 1. The van der Waals surface area contributed by atoms with Crippen LogP contribution in [0.15, 0.2) is 24.5 Å². The first kappa shape index (κ1) is 27.4. The molecule has 0 aromatic carbocycles. The molecular weight excluding hydrogens is 499 g/mol. The molecule has 37 heavy (non-hydrogen) atoms. The van der Waals surface area contributed by atoms with Crippen LogP contribution in [-0.2, 0) is 11.3 Å². The van der Waals surface area contributed by atoms with Gasteiger partial charge in [0, 0.05) is 24.8 Å². The Kier molecular flexibility index (Phi) is 8.31. The van der Waals surface area contributed by atoms with Gasteiger partial charge in [-0.25, -0.2) is 14.3 Å². The first-order chi connectivity index (χ1) is 17.4. The number of hydrogen-bond donors (Lipinski definition) is 5. The molecule has 0 bridgehead atoms. The quantitative estimate of drug-likeness (QED) is 0.318. The molecule has 3 aromatic rings. The van der Waals surface area contributed by atoms with Crippen LogP contribution < -0.4 is 22.1 Å². The van der Waals surface area contributed by atoms with Gasteiger partial charge < -0.3 is 27.2 Å². The van der Waals surface area contributed by atoms with Crippen molar-refractivity contribution in [3.8, 4) is 0 Å². The number of halogens is 3. The summed E-state index contributed by atoms with van der Waals surface area (Å²) in [6, 6.07) is 3.54. The van der Waals surface area contributed by atoms with E-state index >= 15 is 0 Å². The van der Waals surface area contributed by atoms with Gasteiger partial charge in [0.05, 0.1) is 17.4 Å². The third-order valence-electron chi connectivity index (χ3n) is 5.57. The Labute approximate surface area is 208 Å². The first-order valence-electron chi connectivity index (χ1n) is 11.3. The molecule has 0 saturated heterocycles. The molecular formula is C21H26F3N9O4. The van der Waals surface area contributed by atoms with Crippen molar-refractivity contribution in [2.75, 3.05) is 10.6 Å².